The molecule has 1 aliphatic rings. The summed E-state index contributed by atoms with van der Waals surface area (Å²) in [5, 5.41) is 11.5. The van der Waals surface area contributed by atoms with Crippen LogP contribution in [0, 0.1) is 0 Å². The van der Waals surface area contributed by atoms with Crippen LogP contribution in [0.4, 0.5) is 0 Å². The van der Waals surface area contributed by atoms with Gasteiger partial charge < -0.3 is 20.3 Å². The highest BCUT2D eigenvalue weighted by atomic mass is 16.3. The number of likely N-dealkylation sites (tertiary alicyclic amines) is 1. The Morgan fingerprint density at radius 2 is 2.00 bits per heavy atom. The van der Waals surface area contributed by atoms with Gasteiger partial charge in [-0.25, -0.2) is 4.98 Å². The van der Waals surface area contributed by atoms with E-state index in [1.807, 2.05) is 18.2 Å². The number of benzene rings is 2. The third-order valence-corrected chi connectivity index (χ3v) is 6.09. The van der Waals surface area contributed by atoms with Gasteiger partial charge in [-0.05, 0) is 48.2 Å². The summed E-state index contributed by atoms with van der Waals surface area (Å²) in [5.41, 5.74) is 9.07. The fourth-order valence-electron chi connectivity index (χ4n) is 4.10. The molecule has 1 fully saturated rings. The molecule has 8 nitrogen and oxygen atoms in total. The molecule has 2 aromatic carbocycles. The molecule has 5 rings (SSSR count). The van der Waals surface area contributed by atoms with Gasteiger partial charge in [0.25, 0.3) is 11.5 Å². The van der Waals surface area contributed by atoms with E-state index >= 15 is 0 Å². The first-order valence-corrected chi connectivity index (χ1v) is 10.5. The summed E-state index contributed by atoms with van der Waals surface area (Å²) in [7, 11) is 1.72. The second-order valence-electron chi connectivity index (χ2n) is 8.26. The van der Waals surface area contributed by atoms with Crippen molar-refractivity contribution in [1.29, 1.82) is 0 Å². The normalized spacial score (nSPS) is 18.9. The van der Waals surface area contributed by atoms with Crippen molar-refractivity contribution in [1.82, 2.24) is 19.4 Å². The molecule has 2 aromatic heterocycles. The van der Waals surface area contributed by atoms with Crippen LogP contribution in [0.15, 0.2) is 59.7 Å². The number of piperidine rings is 1. The van der Waals surface area contributed by atoms with Crippen LogP contribution in [0.1, 0.15) is 16.8 Å². The number of fused-ring (bicyclic) bond motifs is 2. The molecule has 162 valence electrons. The highest BCUT2D eigenvalue weighted by Gasteiger charge is 2.28. The molecule has 0 aliphatic carbocycles. The lowest BCUT2D eigenvalue weighted by Crippen LogP contribution is -2.52. The predicted molar refractivity (Wildman–Crippen MR) is 122 cm³/mol. The lowest BCUT2D eigenvalue weighted by atomic mass is 10.0. The smallest absolute Gasteiger partial charge is 0.258 e. The van der Waals surface area contributed by atoms with E-state index in [0.29, 0.717) is 40.6 Å². The third kappa shape index (κ3) is 3.53. The molecule has 3 N–H and O–H groups in total. The number of amides is 1. The standard InChI is InChI=1S/C24H23N5O3/c1-28-8-6-14-10-15(2-4-17(14)24(28)32)21-12-26-19-5-3-16(11-20(19)27-21)23(31)29-9-7-18(25)22(30)13-29/h2-6,8,10-12,18,22,30H,7,9,13,25H2,1H3/t18-,22+/m1/s1. The summed E-state index contributed by atoms with van der Waals surface area (Å²) in [6.45, 7) is 0.734. The van der Waals surface area contributed by atoms with Gasteiger partial charge in [0.05, 0.1) is 29.0 Å². The van der Waals surface area contributed by atoms with Crippen LogP contribution in [-0.2, 0) is 7.05 Å². The second-order valence-corrected chi connectivity index (χ2v) is 8.26. The van der Waals surface area contributed by atoms with Gasteiger partial charge in [0.15, 0.2) is 0 Å². The topological polar surface area (TPSA) is 114 Å². The first kappa shape index (κ1) is 20.3. The summed E-state index contributed by atoms with van der Waals surface area (Å²) >= 11 is 0. The molecule has 0 spiro atoms. The average molecular weight is 429 g/mol. The van der Waals surface area contributed by atoms with E-state index in [4.69, 9.17) is 10.7 Å². The van der Waals surface area contributed by atoms with Crippen molar-refractivity contribution < 1.29 is 9.90 Å². The molecule has 0 bridgehead atoms. The van der Waals surface area contributed by atoms with Crippen molar-refractivity contribution in [3.05, 3.63) is 70.8 Å². The van der Waals surface area contributed by atoms with Gasteiger partial charge in [0.1, 0.15) is 0 Å². The number of rotatable bonds is 2. The zero-order valence-electron chi connectivity index (χ0n) is 17.6. The number of aryl methyl sites for hydroxylation is 1. The van der Waals surface area contributed by atoms with Crippen molar-refractivity contribution in [3.8, 4) is 11.3 Å². The number of aliphatic hydroxyl groups is 1. The number of nitrogens with zero attached hydrogens (tertiary/aromatic N) is 4. The van der Waals surface area contributed by atoms with Crippen LogP contribution >= 0.6 is 0 Å². The Balaban J connectivity index is 1.50. The minimum atomic E-state index is -0.718. The minimum absolute atomic E-state index is 0.0504. The van der Waals surface area contributed by atoms with E-state index in [1.165, 1.54) is 0 Å². The summed E-state index contributed by atoms with van der Waals surface area (Å²) in [6.07, 6.45) is 3.27. The van der Waals surface area contributed by atoms with E-state index in [9.17, 15) is 14.7 Å². The molecule has 1 amide bonds. The zero-order chi connectivity index (χ0) is 22.4. The molecular weight excluding hydrogens is 406 g/mol. The van der Waals surface area contributed by atoms with Gasteiger partial charge >= 0.3 is 0 Å². The lowest BCUT2D eigenvalue weighted by molar-refractivity contribution is 0.0395. The summed E-state index contributed by atoms with van der Waals surface area (Å²) < 4.78 is 1.55. The molecule has 2 atom stereocenters. The van der Waals surface area contributed by atoms with Gasteiger partial charge in [-0.15, -0.1) is 0 Å². The molecular formula is C24H23N5O3. The van der Waals surface area contributed by atoms with Crippen LogP contribution in [0.3, 0.4) is 0 Å². The molecule has 0 saturated carbocycles. The van der Waals surface area contributed by atoms with Crippen molar-refractivity contribution in [2.75, 3.05) is 13.1 Å². The van der Waals surface area contributed by atoms with Gasteiger partial charge in [-0.3, -0.25) is 14.6 Å². The SMILES string of the molecule is Cn1ccc2cc(-c3cnc4ccc(C(=O)N5CC[C@@H](N)[C@@H](O)C5)cc4n3)ccc2c1=O. The molecule has 32 heavy (non-hydrogen) atoms. The number of β-amino-alcohol motifs (C(OH)–C–C–N with tert-alkyl or cyclic N) is 1. The predicted octanol–water partition coefficient (Wildman–Crippen LogP) is 1.68. The Morgan fingerprint density at radius 3 is 2.81 bits per heavy atom. The Hall–Kier alpha value is -3.62. The van der Waals surface area contributed by atoms with Crippen molar-refractivity contribution in [2.45, 2.75) is 18.6 Å². The highest BCUT2D eigenvalue weighted by Crippen LogP contribution is 2.24. The number of carbonyl (C=O) groups is 1. The van der Waals surface area contributed by atoms with Crippen LogP contribution in [0.25, 0.3) is 33.1 Å². The number of hydrogen-bond donors (Lipinski definition) is 2. The Bertz CT molecular complexity index is 1410. The number of hydrogen-bond acceptors (Lipinski definition) is 6. The van der Waals surface area contributed by atoms with E-state index in [2.05, 4.69) is 4.98 Å². The van der Waals surface area contributed by atoms with Crippen molar-refractivity contribution in [3.63, 3.8) is 0 Å². The maximum atomic E-state index is 13.0. The van der Waals surface area contributed by atoms with Gasteiger partial charge in [0.2, 0.25) is 0 Å². The molecule has 0 unspecified atom stereocenters. The Kier molecular flexibility index (Phi) is 4.96. The maximum absolute atomic E-state index is 13.0. The van der Waals surface area contributed by atoms with Crippen LogP contribution in [-0.4, -0.2) is 55.7 Å². The number of aliphatic hydroxyl groups excluding tert-OH is 1. The van der Waals surface area contributed by atoms with Crippen molar-refractivity contribution in [2.24, 2.45) is 12.8 Å². The molecule has 4 aromatic rings. The summed E-state index contributed by atoms with van der Waals surface area (Å²) in [6, 6.07) is 12.4. The number of aromatic nitrogens is 3. The molecule has 1 saturated heterocycles. The van der Waals surface area contributed by atoms with Gasteiger partial charge in [0, 0.05) is 48.9 Å². The molecule has 3 heterocycles. The zero-order valence-corrected chi connectivity index (χ0v) is 17.6. The Morgan fingerprint density at radius 1 is 1.16 bits per heavy atom. The largest absolute Gasteiger partial charge is 0.390 e. The van der Waals surface area contributed by atoms with E-state index in [-0.39, 0.29) is 24.1 Å². The minimum Gasteiger partial charge on any atom is -0.390 e. The number of carbonyl (C=O) groups excluding carboxylic acids is 1. The van der Waals surface area contributed by atoms with Crippen molar-refractivity contribution >= 4 is 27.7 Å². The lowest BCUT2D eigenvalue weighted by Gasteiger charge is -2.34. The first-order valence-electron chi connectivity index (χ1n) is 10.5. The van der Waals surface area contributed by atoms with Crippen LogP contribution in [0.2, 0.25) is 0 Å². The van der Waals surface area contributed by atoms with E-state index < -0.39 is 6.10 Å². The molecule has 1 aliphatic heterocycles. The third-order valence-electron chi connectivity index (χ3n) is 6.09. The summed E-state index contributed by atoms with van der Waals surface area (Å²) in [4.78, 5) is 36.1. The number of nitrogens with two attached hydrogens (primary N) is 1. The average Bonchev–Trinajstić information content (AvgIpc) is 2.82. The fourth-order valence-corrected chi connectivity index (χ4v) is 4.10. The fraction of sp³-hybridized carbons (Fsp3) is 0.250. The van der Waals surface area contributed by atoms with Crippen LogP contribution in [0.5, 0.6) is 0 Å². The monoisotopic (exact) mass is 429 g/mol. The van der Waals surface area contributed by atoms with Crippen LogP contribution < -0.4 is 11.3 Å². The molecule has 8 heteroatoms. The summed E-state index contributed by atoms with van der Waals surface area (Å²) in [5.74, 6) is -0.161. The quantitative estimate of drug-likeness (QED) is 0.501. The highest BCUT2D eigenvalue weighted by molar-refractivity contribution is 5.97. The molecule has 0 radical (unpaired) electrons. The van der Waals surface area contributed by atoms with Gasteiger partial charge in [-0.1, -0.05) is 6.07 Å². The van der Waals surface area contributed by atoms with E-state index in [1.54, 1.807) is 53.2 Å². The van der Waals surface area contributed by atoms with E-state index in [0.717, 1.165) is 10.9 Å². The Labute approximate surface area is 183 Å². The maximum Gasteiger partial charge on any atom is 0.258 e. The first-order chi connectivity index (χ1) is 15.4. The number of pyridine rings is 1. The second kappa shape index (κ2) is 7.81. The van der Waals surface area contributed by atoms with Gasteiger partial charge in [-0.2, -0.15) is 0 Å².